The van der Waals surface area contributed by atoms with E-state index in [2.05, 4.69) is 32.7 Å². The van der Waals surface area contributed by atoms with E-state index in [-0.39, 0.29) is 5.91 Å². The van der Waals surface area contributed by atoms with Gasteiger partial charge in [0, 0.05) is 49.7 Å². The van der Waals surface area contributed by atoms with Crippen molar-refractivity contribution in [3.8, 4) is 6.07 Å². The summed E-state index contributed by atoms with van der Waals surface area (Å²) in [6.45, 7) is 5.30. The number of thiazole rings is 1. The SMILES string of the molecule is Cc1ccc(NSc2ncc(C(=O)N3CCN(C)CC3)s2)c2[nH]cc(C#N)c12. The van der Waals surface area contributed by atoms with Crippen molar-refractivity contribution in [3.05, 3.63) is 40.5 Å². The number of H-pyrrole nitrogens is 1. The second-order valence-electron chi connectivity index (χ2n) is 6.78. The van der Waals surface area contributed by atoms with E-state index in [1.807, 2.05) is 24.0 Å². The topological polar surface area (TPSA) is 88.1 Å². The van der Waals surface area contributed by atoms with Crippen LogP contribution in [0.2, 0.25) is 0 Å². The molecular formula is C19H20N6OS2. The van der Waals surface area contributed by atoms with Crippen LogP contribution in [0.1, 0.15) is 20.8 Å². The van der Waals surface area contributed by atoms with Gasteiger partial charge in [-0.2, -0.15) is 5.26 Å². The minimum atomic E-state index is 0.0539. The van der Waals surface area contributed by atoms with Gasteiger partial charge in [-0.25, -0.2) is 4.98 Å². The van der Waals surface area contributed by atoms with Gasteiger partial charge in [0.1, 0.15) is 10.9 Å². The molecule has 28 heavy (non-hydrogen) atoms. The average Bonchev–Trinajstić information content (AvgIpc) is 3.35. The van der Waals surface area contributed by atoms with Gasteiger partial charge < -0.3 is 19.5 Å². The third-order valence-electron chi connectivity index (χ3n) is 4.90. The van der Waals surface area contributed by atoms with Crippen LogP contribution in [0.25, 0.3) is 10.9 Å². The number of hydrogen-bond donors (Lipinski definition) is 2. The van der Waals surface area contributed by atoms with Crippen LogP contribution in [-0.4, -0.2) is 58.9 Å². The van der Waals surface area contributed by atoms with Gasteiger partial charge in [0.2, 0.25) is 0 Å². The van der Waals surface area contributed by atoms with Crippen molar-refractivity contribution in [2.45, 2.75) is 11.3 Å². The molecule has 3 heterocycles. The summed E-state index contributed by atoms with van der Waals surface area (Å²) in [6, 6.07) is 6.19. The van der Waals surface area contributed by atoms with Crippen LogP contribution >= 0.6 is 23.3 Å². The Morgan fingerprint density at radius 3 is 2.89 bits per heavy atom. The highest BCUT2D eigenvalue weighted by Crippen LogP contribution is 2.32. The molecule has 4 rings (SSSR count). The van der Waals surface area contributed by atoms with Crippen molar-refractivity contribution < 1.29 is 4.79 Å². The number of fused-ring (bicyclic) bond motifs is 1. The molecule has 1 aliphatic heterocycles. The molecule has 0 unspecified atom stereocenters. The number of carbonyl (C=O) groups is 1. The number of benzene rings is 1. The minimum absolute atomic E-state index is 0.0539. The zero-order valence-electron chi connectivity index (χ0n) is 15.7. The minimum Gasteiger partial charge on any atom is -0.358 e. The first kappa shape index (κ1) is 18.8. The molecule has 2 N–H and O–H groups in total. The highest BCUT2D eigenvalue weighted by Gasteiger charge is 2.22. The Bertz CT molecular complexity index is 1060. The van der Waals surface area contributed by atoms with Crippen LogP contribution in [0.3, 0.4) is 0 Å². The van der Waals surface area contributed by atoms with Gasteiger partial charge >= 0.3 is 0 Å². The molecule has 0 atom stereocenters. The fourth-order valence-corrected chi connectivity index (χ4v) is 4.91. The molecule has 0 aliphatic carbocycles. The van der Waals surface area contributed by atoms with E-state index < -0.39 is 0 Å². The molecule has 0 radical (unpaired) electrons. The van der Waals surface area contributed by atoms with Crippen molar-refractivity contribution in [1.82, 2.24) is 19.8 Å². The van der Waals surface area contributed by atoms with Crippen molar-refractivity contribution >= 4 is 45.8 Å². The fraction of sp³-hybridized carbons (Fsp3) is 0.316. The number of likely N-dealkylation sites (N-methyl/N-ethyl adjacent to an activating group) is 1. The van der Waals surface area contributed by atoms with E-state index in [0.717, 1.165) is 52.7 Å². The number of hydrogen-bond acceptors (Lipinski definition) is 7. The standard InChI is InChI=1S/C19H20N6OS2/c1-12-3-4-14(17-16(12)13(9-20)10-21-17)23-28-19-22-11-15(27-19)18(26)25-7-5-24(2)6-8-25/h3-4,10-11,21,23H,5-8H2,1-2H3. The smallest absolute Gasteiger partial charge is 0.265 e. The predicted octanol–water partition coefficient (Wildman–Crippen LogP) is 3.31. The number of aromatic nitrogens is 2. The third kappa shape index (κ3) is 3.58. The van der Waals surface area contributed by atoms with Crippen LogP contribution in [0.4, 0.5) is 5.69 Å². The lowest BCUT2D eigenvalue weighted by Gasteiger charge is -2.31. The fourth-order valence-electron chi connectivity index (χ4n) is 3.26. The number of nitrogens with one attached hydrogen (secondary N) is 2. The lowest BCUT2D eigenvalue weighted by molar-refractivity contribution is 0.0668. The number of piperazine rings is 1. The summed E-state index contributed by atoms with van der Waals surface area (Å²) in [7, 11) is 2.07. The number of aromatic amines is 1. The summed E-state index contributed by atoms with van der Waals surface area (Å²) >= 11 is 2.77. The van der Waals surface area contributed by atoms with E-state index in [1.54, 1.807) is 12.4 Å². The molecule has 0 spiro atoms. The molecular weight excluding hydrogens is 392 g/mol. The first-order chi connectivity index (χ1) is 13.6. The first-order valence-corrected chi connectivity index (χ1v) is 10.6. The summed E-state index contributed by atoms with van der Waals surface area (Å²) in [4.78, 5) is 25.0. The van der Waals surface area contributed by atoms with Gasteiger partial charge in [0.25, 0.3) is 5.91 Å². The molecule has 3 aromatic rings. The summed E-state index contributed by atoms with van der Waals surface area (Å²) in [5.41, 5.74) is 3.47. The summed E-state index contributed by atoms with van der Waals surface area (Å²) in [6.07, 6.45) is 3.38. The monoisotopic (exact) mass is 412 g/mol. The van der Waals surface area contributed by atoms with E-state index in [9.17, 15) is 10.1 Å². The maximum Gasteiger partial charge on any atom is 0.265 e. The number of rotatable bonds is 4. The Morgan fingerprint density at radius 2 is 2.14 bits per heavy atom. The molecule has 1 aromatic carbocycles. The molecule has 2 aromatic heterocycles. The maximum atomic E-state index is 12.7. The van der Waals surface area contributed by atoms with Crippen LogP contribution in [-0.2, 0) is 0 Å². The van der Waals surface area contributed by atoms with Gasteiger partial charge in [0.15, 0.2) is 4.34 Å². The van der Waals surface area contributed by atoms with Crippen molar-refractivity contribution in [1.29, 1.82) is 5.26 Å². The number of nitriles is 1. The zero-order valence-corrected chi connectivity index (χ0v) is 17.3. The Kier molecular flexibility index (Phi) is 5.26. The van der Waals surface area contributed by atoms with Gasteiger partial charge in [-0.05, 0) is 25.6 Å². The number of aryl methyl sites for hydroxylation is 1. The van der Waals surface area contributed by atoms with Crippen molar-refractivity contribution in [3.63, 3.8) is 0 Å². The first-order valence-electron chi connectivity index (χ1n) is 8.94. The van der Waals surface area contributed by atoms with Gasteiger partial charge in [-0.3, -0.25) is 4.79 Å². The molecule has 1 aliphatic rings. The predicted molar refractivity (Wildman–Crippen MR) is 113 cm³/mol. The third-order valence-corrected chi connectivity index (χ3v) is 6.78. The van der Waals surface area contributed by atoms with Crippen LogP contribution in [0, 0.1) is 18.3 Å². The molecule has 1 saturated heterocycles. The lowest BCUT2D eigenvalue weighted by atomic mass is 10.1. The molecule has 0 saturated carbocycles. The summed E-state index contributed by atoms with van der Waals surface area (Å²) < 4.78 is 4.07. The lowest BCUT2D eigenvalue weighted by Crippen LogP contribution is -2.46. The molecule has 9 heteroatoms. The van der Waals surface area contributed by atoms with E-state index >= 15 is 0 Å². The molecule has 144 valence electrons. The van der Waals surface area contributed by atoms with E-state index in [0.29, 0.717) is 10.4 Å². The number of nitrogens with zero attached hydrogens (tertiary/aromatic N) is 4. The normalized spacial score (nSPS) is 15.0. The summed E-state index contributed by atoms with van der Waals surface area (Å²) in [5, 5.41) is 10.2. The highest BCUT2D eigenvalue weighted by molar-refractivity contribution is 8.02. The van der Waals surface area contributed by atoms with E-state index in [4.69, 9.17) is 0 Å². The Hall–Kier alpha value is -2.54. The Labute approximate surface area is 171 Å². The molecule has 1 fully saturated rings. The van der Waals surface area contributed by atoms with Gasteiger partial charge in [-0.15, -0.1) is 11.3 Å². The number of anilines is 1. The van der Waals surface area contributed by atoms with Crippen molar-refractivity contribution in [2.24, 2.45) is 0 Å². The van der Waals surface area contributed by atoms with Crippen molar-refractivity contribution in [2.75, 3.05) is 37.9 Å². The van der Waals surface area contributed by atoms with E-state index in [1.165, 1.54) is 23.3 Å². The second kappa shape index (κ2) is 7.83. The molecule has 0 bridgehead atoms. The highest BCUT2D eigenvalue weighted by atomic mass is 32.2. The second-order valence-corrected chi connectivity index (χ2v) is 8.87. The van der Waals surface area contributed by atoms with Crippen LogP contribution in [0.15, 0.2) is 28.9 Å². The van der Waals surface area contributed by atoms with Crippen LogP contribution < -0.4 is 4.72 Å². The zero-order chi connectivity index (χ0) is 19.7. The molecule has 7 nitrogen and oxygen atoms in total. The number of amides is 1. The average molecular weight is 413 g/mol. The summed E-state index contributed by atoms with van der Waals surface area (Å²) in [5.74, 6) is 0.0539. The largest absolute Gasteiger partial charge is 0.358 e. The molecule has 1 amide bonds. The van der Waals surface area contributed by atoms with Gasteiger partial charge in [0.05, 0.1) is 23.0 Å². The van der Waals surface area contributed by atoms with Gasteiger partial charge in [-0.1, -0.05) is 6.07 Å². The Balaban J connectivity index is 1.46. The Morgan fingerprint density at radius 1 is 1.36 bits per heavy atom. The number of carbonyl (C=O) groups excluding carboxylic acids is 1. The maximum absolute atomic E-state index is 12.7. The van der Waals surface area contributed by atoms with Crippen LogP contribution in [0.5, 0.6) is 0 Å². The quantitative estimate of drug-likeness (QED) is 0.639.